The fourth-order valence-electron chi connectivity index (χ4n) is 5.35. The molecule has 1 atom stereocenters. The average Bonchev–Trinajstić information content (AvgIpc) is 3.05. The van der Waals surface area contributed by atoms with E-state index in [1.807, 2.05) is 91.9 Å². The molecule has 0 aliphatic carbocycles. The van der Waals surface area contributed by atoms with Gasteiger partial charge in [-0.05, 0) is 61.4 Å². The van der Waals surface area contributed by atoms with Crippen molar-refractivity contribution in [1.82, 2.24) is 5.32 Å². The van der Waals surface area contributed by atoms with Gasteiger partial charge >= 0.3 is 0 Å². The SMILES string of the molecule is CNC(=O)c1ccc(C(=O)Nc2ccc(C(C)(c3ccc(C)cc3)P(=O)(c3ccccc3)c3ccccc3)cc2)cc1. The van der Waals surface area contributed by atoms with Gasteiger partial charge in [-0.3, -0.25) is 9.59 Å². The molecule has 0 saturated carbocycles. The maximum atomic E-state index is 15.8. The molecule has 0 aliphatic rings. The smallest absolute Gasteiger partial charge is 0.255 e. The Morgan fingerprint density at radius 3 is 1.48 bits per heavy atom. The molecule has 1 unspecified atom stereocenters. The van der Waals surface area contributed by atoms with E-state index in [1.54, 1.807) is 31.3 Å². The van der Waals surface area contributed by atoms with Gasteiger partial charge < -0.3 is 15.2 Å². The van der Waals surface area contributed by atoms with Crippen molar-refractivity contribution >= 4 is 35.3 Å². The Labute approximate surface area is 247 Å². The van der Waals surface area contributed by atoms with Crippen LogP contribution in [0.1, 0.15) is 44.3 Å². The van der Waals surface area contributed by atoms with Gasteiger partial charge in [0.25, 0.3) is 11.8 Å². The lowest BCUT2D eigenvalue weighted by atomic mass is 9.91. The van der Waals surface area contributed by atoms with E-state index in [4.69, 9.17) is 0 Å². The van der Waals surface area contributed by atoms with Gasteiger partial charge in [0.05, 0.1) is 5.16 Å². The maximum absolute atomic E-state index is 15.8. The van der Waals surface area contributed by atoms with Crippen LogP contribution in [0.25, 0.3) is 0 Å². The first-order chi connectivity index (χ1) is 20.3. The minimum absolute atomic E-state index is 0.211. The van der Waals surface area contributed by atoms with E-state index in [1.165, 1.54) is 0 Å². The quantitative estimate of drug-likeness (QED) is 0.199. The van der Waals surface area contributed by atoms with Gasteiger partial charge in [-0.15, -0.1) is 0 Å². The highest BCUT2D eigenvalue weighted by molar-refractivity contribution is 7.79. The molecule has 2 amide bonds. The molecule has 5 aromatic carbocycles. The molecule has 5 nitrogen and oxygen atoms in total. The van der Waals surface area contributed by atoms with Crippen LogP contribution in [-0.4, -0.2) is 18.9 Å². The second kappa shape index (κ2) is 12.0. The first-order valence-electron chi connectivity index (χ1n) is 13.8. The third kappa shape index (κ3) is 5.32. The Morgan fingerprint density at radius 1 is 0.595 bits per heavy atom. The molecule has 0 fully saturated rings. The highest BCUT2D eigenvalue weighted by Crippen LogP contribution is 2.64. The Bertz CT molecular complexity index is 1690. The molecular weight excluding hydrogens is 539 g/mol. The minimum atomic E-state index is -3.33. The van der Waals surface area contributed by atoms with Crippen LogP contribution in [0.15, 0.2) is 133 Å². The van der Waals surface area contributed by atoms with Crippen molar-refractivity contribution in [1.29, 1.82) is 0 Å². The van der Waals surface area contributed by atoms with Crippen molar-refractivity contribution in [2.24, 2.45) is 0 Å². The number of hydrogen-bond acceptors (Lipinski definition) is 3. The zero-order valence-corrected chi connectivity index (χ0v) is 24.8. The van der Waals surface area contributed by atoms with Crippen LogP contribution in [0.5, 0.6) is 0 Å². The minimum Gasteiger partial charge on any atom is -0.355 e. The summed E-state index contributed by atoms with van der Waals surface area (Å²) in [4.78, 5) is 24.8. The summed E-state index contributed by atoms with van der Waals surface area (Å²) in [6.07, 6.45) is 0. The van der Waals surface area contributed by atoms with Crippen LogP contribution < -0.4 is 21.2 Å². The van der Waals surface area contributed by atoms with Crippen LogP contribution in [0.4, 0.5) is 5.69 Å². The number of carbonyl (C=O) groups excluding carboxylic acids is 2. The number of carbonyl (C=O) groups is 2. The maximum Gasteiger partial charge on any atom is 0.255 e. The number of aryl methyl sites for hydroxylation is 1. The molecule has 2 N–H and O–H groups in total. The molecule has 0 saturated heterocycles. The van der Waals surface area contributed by atoms with Crippen LogP contribution in [0.2, 0.25) is 0 Å². The molecule has 0 radical (unpaired) electrons. The van der Waals surface area contributed by atoms with Crippen LogP contribution in [-0.2, 0) is 9.72 Å². The summed E-state index contributed by atoms with van der Waals surface area (Å²) >= 11 is 0. The van der Waals surface area contributed by atoms with E-state index >= 15 is 4.57 Å². The largest absolute Gasteiger partial charge is 0.355 e. The van der Waals surface area contributed by atoms with E-state index in [9.17, 15) is 9.59 Å². The molecule has 0 spiro atoms. The number of nitrogens with one attached hydrogen (secondary N) is 2. The van der Waals surface area contributed by atoms with Crippen molar-refractivity contribution < 1.29 is 14.2 Å². The number of rotatable bonds is 8. The van der Waals surface area contributed by atoms with Crippen molar-refractivity contribution in [2.45, 2.75) is 19.0 Å². The lowest BCUT2D eigenvalue weighted by Crippen LogP contribution is -2.34. The Kier molecular flexibility index (Phi) is 8.24. The highest BCUT2D eigenvalue weighted by atomic mass is 31.2. The lowest BCUT2D eigenvalue weighted by molar-refractivity contribution is 0.0961. The standard InChI is InChI=1S/C36H33N2O3P/c1-26-14-20-29(21-15-26)36(2,42(41,32-10-6-4-7-11-32)33-12-8-5-9-13-33)30-22-24-31(25-23-30)38-35(40)28-18-16-27(17-19-28)34(39)37-3/h4-25H,1-3H3,(H,37,39)(H,38,40). The van der Waals surface area contributed by atoms with Crippen LogP contribution in [0.3, 0.4) is 0 Å². The van der Waals surface area contributed by atoms with E-state index in [2.05, 4.69) is 41.8 Å². The topological polar surface area (TPSA) is 75.3 Å². The molecule has 6 heteroatoms. The second-order valence-corrected chi connectivity index (χ2v) is 13.6. The van der Waals surface area contributed by atoms with Crippen molar-refractivity contribution in [3.63, 3.8) is 0 Å². The summed E-state index contributed by atoms with van der Waals surface area (Å²) in [6, 6.07) is 41.7. The predicted molar refractivity (Wildman–Crippen MR) is 172 cm³/mol. The number of anilines is 1. The monoisotopic (exact) mass is 572 g/mol. The molecule has 0 aromatic heterocycles. The Hall–Kier alpha value is -4.73. The summed E-state index contributed by atoms with van der Waals surface area (Å²) in [6.45, 7) is 4.10. The Morgan fingerprint density at radius 2 is 1.02 bits per heavy atom. The summed E-state index contributed by atoms with van der Waals surface area (Å²) in [7, 11) is -1.77. The fourth-order valence-corrected chi connectivity index (χ4v) is 8.89. The Balaban J connectivity index is 1.57. The van der Waals surface area contributed by atoms with Crippen molar-refractivity contribution in [3.05, 3.63) is 161 Å². The van der Waals surface area contributed by atoms with Gasteiger partial charge in [0.15, 0.2) is 7.14 Å². The summed E-state index contributed by atoms with van der Waals surface area (Å²) in [5, 5.41) is 6.15. The van der Waals surface area contributed by atoms with Gasteiger partial charge in [0.2, 0.25) is 0 Å². The lowest BCUT2D eigenvalue weighted by Gasteiger charge is -2.40. The molecule has 5 aromatic rings. The predicted octanol–water partition coefficient (Wildman–Crippen LogP) is 6.88. The normalized spacial score (nSPS) is 12.6. The fraction of sp³-hybridized carbons (Fsp3) is 0.111. The van der Waals surface area contributed by atoms with E-state index in [0.717, 1.165) is 27.3 Å². The van der Waals surface area contributed by atoms with Crippen LogP contribution in [0, 0.1) is 6.92 Å². The summed E-state index contributed by atoms with van der Waals surface area (Å²) in [5.41, 5.74) is 4.47. The molecule has 0 aliphatic heterocycles. The molecule has 42 heavy (non-hydrogen) atoms. The van der Waals surface area contributed by atoms with E-state index < -0.39 is 12.3 Å². The number of benzene rings is 5. The highest BCUT2D eigenvalue weighted by Gasteiger charge is 2.49. The number of hydrogen-bond donors (Lipinski definition) is 2. The van der Waals surface area contributed by atoms with Gasteiger partial charge in [-0.25, -0.2) is 0 Å². The third-order valence-electron chi connectivity index (χ3n) is 7.82. The van der Waals surface area contributed by atoms with Crippen molar-refractivity contribution in [3.8, 4) is 0 Å². The van der Waals surface area contributed by atoms with Crippen LogP contribution >= 0.6 is 7.14 Å². The molecule has 0 bridgehead atoms. The average molecular weight is 573 g/mol. The molecular formula is C36H33N2O3P. The number of amides is 2. The molecule has 5 rings (SSSR count). The van der Waals surface area contributed by atoms with Gasteiger partial charge in [-0.1, -0.05) is 103 Å². The molecule has 210 valence electrons. The van der Waals surface area contributed by atoms with E-state index in [-0.39, 0.29) is 11.8 Å². The molecule has 0 heterocycles. The first kappa shape index (κ1) is 28.8. The van der Waals surface area contributed by atoms with Crippen molar-refractivity contribution in [2.75, 3.05) is 12.4 Å². The summed E-state index contributed by atoms with van der Waals surface area (Å²) in [5.74, 6) is -0.496. The van der Waals surface area contributed by atoms with Gasteiger partial charge in [-0.2, -0.15) is 0 Å². The first-order valence-corrected chi connectivity index (χ1v) is 15.5. The van der Waals surface area contributed by atoms with Gasteiger partial charge in [0, 0.05) is 34.5 Å². The van der Waals surface area contributed by atoms with E-state index in [0.29, 0.717) is 16.8 Å². The second-order valence-electron chi connectivity index (χ2n) is 10.4. The van der Waals surface area contributed by atoms with Gasteiger partial charge in [0.1, 0.15) is 0 Å². The third-order valence-corrected chi connectivity index (χ3v) is 11.7. The zero-order chi connectivity index (χ0) is 29.7. The summed E-state index contributed by atoms with van der Waals surface area (Å²) < 4.78 is 15.8. The zero-order valence-electron chi connectivity index (χ0n) is 23.9.